The van der Waals surface area contributed by atoms with E-state index < -0.39 is 17.7 Å². The molecule has 1 unspecified atom stereocenters. The number of benzene rings is 1. The standard InChI is InChI=1S/C30H37NO4S/c1-8-16-34-22-17-18(3)14-15-20(22)25-24(27(29(32)33-9-2)35-30(5,6)7)19(4)31-28-26(25)21-12-10-11-13-23(21)36-28/h8,14-15,17,27H,1,9-13,16H2,2-7H3. The molecule has 5 nitrogen and oxygen atoms in total. The van der Waals surface area contributed by atoms with Crippen molar-refractivity contribution in [3.63, 3.8) is 0 Å². The number of nitrogens with zero attached hydrogens (tertiary/aromatic N) is 1. The Morgan fingerprint density at radius 1 is 1.22 bits per heavy atom. The lowest BCUT2D eigenvalue weighted by Crippen LogP contribution is -2.30. The number of ether oxygens (including phenoxy) is 3. The fraction of sp³-hybridized carbons (Fsp3) is 0.467. The van der Waals surface area contributed by atoms with Crippen molar-refractivity contribution in [2.24, 2.45) is 0 Å². The minimum atomic E-state index is -0.912. The number of carbonyl (C=O) groups is 1. The highest BCUT2D eigenvalue weighted by molar-refractivity contribution is 7.19. The van der Waals surface area contributed by atoms with E-state index in [9.17, 15) is 4.79 Å². The monoisotopic (exact) mass is 507 g/mol. The van der Waals surface area contributed by atoms with E-state index >= 15 is 0 Å². The van der Waals surface area contributed by atoms with E-state index in [0.717, 1.165) is 63.2 Å². The topological polar surface area (TPSA) is 57.7 Å². The van der Waals surface area contributed by atoms with Gasteiger partial charge in [0.05, 0.1) is 12.2 Å². The summed E-state index contributed by atoms with van der Waals surface area (Å²) in [5, 5.41) is 1.12. The Kier molecular flexibility index (Phi) is 7.86. The number of fused-ring (bicyclic) bond motifs is 3. The molecule has 3 aromatic rings. The van der Waals surface area contributed by atoms with E-state index in [2.05, 4.69) is 25.6 Å². The number of hydrogen-bond acceptors (Lipinski definition) is 6. The van der Waals surface area contributed by atoms with Crippen LogP contribution in [-0.2, 0) is 27.1 Å². The molecule has 1 aliphatic rings. The van der Waals surface area contributed by atoms with Crippen LogP contribution >= 0.6 is 11.3 Å². The van der Waals surface area contributed by atoms with E-state index in [1.54, 1.807) is 17.4 Å². The highest BCUT2D eigenvalue weighted by atomic mass is 32.1. The summed E-state index contributed by atoms with van der Waals surface area (Å²) in [7, 11) is 0. The summed E-state index contributed by atoms with van der Waals surface area (Å²) < 4.78 is 18.1. The van der Waals surface area contributed by atoms with Gasteiger partial charge >= 0.3 is 5.97 Å². The van der Waals surface area contributed by atoms with Crippen LogP contribution in [0.25, 0.3) is 21.3 Å². The molecule has 4 rings (SSSR count). The highest BCUT2D eigenvalue weighted by Crippen LogP contribution is 2.48. The van der Waals surface area contributed by atoms with Crippen molar-refractivity contribution < 1.29 is 19.0 Å². The van der Waals surface area contributed by atoms with Crippen molar-refractivity contribution in [3.05, 3.63) is 58.1 Å². The Morgan fingerprint density at radius 3 is 2.67 bits per heavy atom. The third-order valence-electron chi connectivity index (χ3n) is 6.33. The highest BCUT2D eigenvalue weighted by Gasteiger charge is 2.35. The summed E-state index contributed by atoms with van der Waals surface area (Å²) in [5.41, 5.74) is 5.31. The lowest BCUT2D eigenvalue weighted by Gasteiger charge is -2.29. The van der Waals surface area contributed by atoms with E-state index in [-0.39, 0.29) is 6.61 Å². The summed E-state index contributed by atoms with van der Waals surface area (Å²) in [6, 6.07) is 6.23. The molecular formula is C30H37NO4S. The van der Waals surface area contributed by atoms with E-state index in [4.69, 9.17) is 19.2 Å². The Balaban J connectivity index is 2.11. The van der Waals surface area contributed by atoms with Crippen molar-refractivity contribution >= 4 is 27.5 Å². The molecule has 1 aliphatic carbocycles. The number of esters is 1. The normalized spacial score (nSPS) is 14.4. The van der Waals surface area contributed by atoms with Gasteiger partial charge in [-0.25, -0.2) is 9.78 Å². The predicted octanol–water partition coefficient (Wildman–Crippen LogP) is 7.44. The summed E-state index contributed by atoms with van der Waals surface area (Å²) in [6.45, 7) is 16.2. The minimum Gasteiger partial charge on any atom is -0.489 e. The number of hydrogen-bond donors (Lipinski definition) is 0. The molecule has 0 radical (unpaired) electrons. The van der Waals surface area contributed by atoms with Gasteiger partial charge in [-0.1, -0.05) is 24.8 Å². The van der Waals surface area contributed by atoms with E-state index in [1.807, 2.05) is 40.7 Å². The lowest BCUT2D eigenvalue weighted by molar-refractivity contribution is -0.166. The van der Waals surface area contributed by atoms with Crippen molar-refractivity contribution in [2.45, 2.75) is 78.9 Å². The number of rotatable bonds is 8. The molecule has 2 heterocycles. The average molecular weight is 508 g/mol. The van der Waals surface area contributed by atoms with Gasteiger partial charge in [0.25, 0.3) is 0 Å². The number of thiophene rings is 1. The second-order valence-electron chi connectivity index (χ2n) is 10.3. The van der Waals surface area contributed by atoms with Crippen molar-refractivity contribution in [1.82, 2.24) is 4.98 Å². The SMILES string of the molecule is C=CCOc1cc(C)ccc1-c1c(C(OC(C)(C)C)C(=O)OCC)c(C)nc2sc3c(c12)CCCC3. The molecule has 1 atom stereocenters. The minimum absolute atomic E-state index is 0.277. The summed E-state index contributed by atoms with van der Waals surface area (Å²) >= 11 is 1.78. The van der Waals surface area contributed by atoms with Crippen LogP contribution in [0.3, 0.4) is 0 Å². The Hall–Kier alpha value is -2.70. The van der Waals surface area contributed by atoms with Gasteiger partial charge in [0.1, 0.15) is 17.2 Å². The van der Waals surface area contributed by atoms with Crippen LogP contribution in [0, 0.1) is 13.8 Å². The Morgan fingerprint density at radius 2 is 1.97 bits per heavy atom. The van der Waals surface area contributed by atoms with Crippen LogP contribution in [0.1, 0.15) is 73.9 Å². The first kappa shape index (κ1) is 26.4. The molecular weight excluding hydrogens is 470 g/mol. The fourth-order valence-electron chi connectivity index (χ4n) is 4.92. The second-order valence-corrected chi connectivity index (χ2v) is 11.4. The van der Waals surface area contributed by atoms with Gasteiger partial charge in [0.15, 0.2) is 6.10 Å². The molecule has 0 saturated heterocycles. The Labute approximate surface area is 218 Å². The first-order chi connectivity index (χ1) is 17.1. The van der Waals surface area contributed by atoms with Crippen LogP contribution in [0.2, 0.25) is 0 Å². The molecule has 36 heavy (non-hydrogen) atoms. The smallest absolute Gasteiger partial charge is 0.340 e. The van der Waals surface area contributed by atoms with Crippen LogP contribution in [-0.4, -0.2) is 29.8 Å². The summed E-state index contributed by atoms with van der Waals surface area (Å²) in [6.07, 6.45) is 5.25. The molecule has 0 spiro atoms. The van der Waals surface area contributed by atoms with Crippen LogP contribution in [0.5, 0.6) is 5.75 Å². The van der Waals surface area contributed by atoms with Gasteiger partial charge in [-0.2, -0.15) is 0 Å². The zero-order chi connectivity index (χ0) is 26.0. The largest absolute Gasteiger partial charge is 0.489 e. The molecule has 192 valence electrons. The lowest BCUT2D eigenvalue weighted by atomic mass is 9.87. The maximum absolute atomic E-state index is 13.4. The van der Waals surface area contributed by atoms with Crippen LogP contribution < -0.4 is 4.74 Å². The molecule has 0 fully saturated rings. The molecule has 1 aromatic carbocycles. The third-order valence-corrected chi connectivity index (χ3v) is 7.51. The van der Waals surface area contributed by atoms with Crippen molar-refractivity contribution in [1.29, 1.82) is 0 Å². The second kappa shape index (κ2) is 10.7. The van der Waals surface area contributed by atoms with Gasteiger partial charge < -0.3 is 14.2 Å². The molecule has 0 saturated carbocycles. The van der Waals surface area contributed by atoms with E-state index in [0.29, 0.717) is 6.61 Å². The maximum Gasteiger partial charge on any atom is 0.340 e. The van der Waals surface area contributed by atoms with Gasteiger partial charge in [0, 0.05) is 32.6 Å². The van der Waals surface area contributed by atoms with Crippen molar-refractivity contribution in [2.75, 3.05) is 13.2 Å². The Bertz CT molecular complexity index is 1280. The van der Waals surface area contributed by atoms with E-state index in [1.165, 1.54) is 16.9 Å². The summed E-state index contributed by atoms with van der Waals surface area (Å²) in [5.74, 6) is 0.361. The van der Waals surface area contributed by atoms with Gasteiger partial charge in [-0.3, -0.25) is 0 Å². The number of carbonyl (C=O) groups excluding carboxylic acids is 1. The fourth-order valence-corrected chi connectivity index (χ4v) is 6.23. The maximum atomic E-state index is 13.4. The molecule has 0 bridgehead atoms. The average Bonchev–Trinajstić information content (AvgIpc) is 3.18. The van der Waals surface area contributed by atoms with Gasteiger partial charge in [-0.15, -0.1) is 11.3 Å². The molecule has 0 N–H and O–H groups in total. The molecule has 0 aliphatic heterocycles. The third kappa shape index (κ3) is 5.35. The number of aromatic nitrogens is 1. The predicted molar refractivity (Wildman–Crippen MR) is 147 cm³/mol. The first-order valence-electron chi connectivity index (χ1n) is 12.8. The zero-order valence-corrected chi connectivity index (χ0v) is 23.1. The number of pyridine rings is 1. The number of aryl methyl sites for hydroxylation is 4. The van der Waals surface area contributed by atoms with Gasteiger partial charge in [-0.05, 0) is 84.4 Å². The van der Waals surface area contributed by atoms with Crippen LogP contribution in [0.15, 0.2) is 30.9 Å². The summed E-state index contributed by atoms with van der Waals surface area (Å²) in [4.78, 5) is 20.9. The molecule has 0 amide bonds. The first-order valence-corrected chi connectivity index (χ1v) is 13.6. The zero-order valence-electron chi connectivity index (χ0n) is 22.3. The van der Waals surface area contributed by atoms with Crippen molar-refractivity contribution in [3.8, 4) is 16.9 Å². The molecule has 6 heteroatoms. The van der Waals surface area contributed by atoms with Crippen LogP contribution in [0.4, 0.5) is 0 Å². The molecule has 2 aromatic heterocycles. The quantitative estimate of drug-likeness (QED) is 0.234. The van der Waals surface area contributed by atoms with Gasteiger partial charge in [0.2, 0.25) is 0 Å².